The predicted octanol–water partition coefficient (Wildman–Crippen LogP) is 0.129. The number of pyridine rings is 1. The summed E-state index contributed by atoms with van der Waals surface area (Å²) in [6.45, 7) is 2.23. The molecule has 11 nitrogen and oxygen atoms in total. The highest BCUT2D eigenvalue weighted by atomic mass is 32.2. The number of likely N-dealkylation sites (tertiary alicyclic amines) is 1. The van der Waals surface area contributed by atoms with Crippen molar-refractivity contribution in [1.29, 1.82) is 0 Å². The maximum absolute atomic E-state index is 12.7. The lowest BCUT2D eigenvalue weighted by molar-refractivity contribution is -0.142. The zero-order valence-corrected chi connectivity index (χ0v) is 21.8. The van der Waals surface area contributed by atoms with Crippen molar-refractivity contribution in [2.45, 2.75) is 69.9 Å². The number of sulfonamides is 1. The number of hydrogen-bond donors (Lipinski definition) is 4. The number of aromatic nitrogens is 1. The second-order valence-corrected chi connectivity index (χ2v) is 11.6. The number of aliphatic hydroxyl groups is 1. The van der Waals surface area contributed by atoms with Crippen molar-refractivity contribution < 1.29 is 27.9 Å². The van der Waals surface area contributed by atoms with Gasteiger partial charge in [0.05, 0.1) is 18.4 Å². The SMILES string of the molecule is CC(=O)C(NC(=O)CNS(C)(=O)=O)C1(O)CCN(C(=O)CCCCc2ccc3c(n2)NCCC3)CC1. The minimum atomic E-state index is -3.57. The number of carbonyl (C=O) groups excluding carboxylic acids is 3. The number of hydrogen-bond acceptors (Lipinski definition) is 8. The Morgan fingerprint density at radius 2 is 1.94 bits per heavy atom. The van der Waals surface area contributed by atoms with Crippen LogP contribution in [0.25, 0.3) is 0 Å². The van der Waals surface area contributed by atoms with Crippen LogP contribution in [0.2, 0.25) is 0 Å². The molecule has 0 saturated carbocycles. The molecule has 1 fully saturated rings. The Kier molecular flexibility index (Phi) is 9.42. The topological polar surface area (TPSA) is 158 Å². The van der Waals surface area contributed by atoms with E-state index in [0.717, 1.165) is 56.4 Å². The van der Waals surface area contributed by atoms with Crippen LogP contribution >= 0.6 is 0 Å². The molecular weight excluding hydrogens is 486 g/mol. The van der Waals surface area contributed by atoms with Crippen molar-refractivity contribution in [2.75, 3.05) is 37.8 Å². The molecular formula is C24H37N5O6S. The van der Waals surface area contributed by atoms with Gasteiger partial charge in [-0.3, -0.25) is 14.4 Å². The van der Waals surface area contributed by atoms with Gasteiger partial charge in [-0.2, -0.15) is 0 Å². The van der Waals surface area contributed by atoms with Crippen LogP contribution in [0.1, 0.15) is 56.7 Å². The maximum atomic E-state index is 12.7. The Balaban J connectivity index is 1.43. The number of rotatable bonds is 11. The first-order valence-corrected chi connectivity index (χ1v) is 14.3. The number of piperidine rings is 1. The normalized spacial score (nSPS) is 18.0. The molecule has 0 aliphatic carbocycles. The fourth-order valence-electron chi connectivity index (χ4n) is 4.70. The highest BCUT2D eigenvalue weighted by Crippen LogP contribution is 2.27. The molecule has 200 valence electrons. The average molecular weight is 524 g/mol. The summed E-state index contributed by atoms with van der Waals surface area (Å²) in [5.74, 6) is -0.173. The van der Waals surface area contributed by atoms with Crippen molar-refractivity contribution in [2.24, 2.45) is 0 Å². The van der Waals surface area contributed by atoms with Crippen molar-refractivity contribution in [1.82, 2.24) is 19.9 Å². The molecule has 1 saturated heterocycles. The Hall–Kier alpha value is -2.57. The van der Waals surface area contributed by atoms with Crippen molar-refractivity contribution in [3.63, 3.8) is 0 Å². The number of nitrogens with zero attached hydrogens (tertiary/aromatic N) is 2. The molecule has 2 aliphatic rings. The van der Waals surface area contributed by atoms with E-state index >= 15 is 0 Å². The van der Waals surface area contributed by atoms with E-state index in [2.05, 4.69) is 32.5 Å². The summed E-state index contributed by atoms with van der Waals surface area (Å²) in [6, 6.07) is 3.01. The number of unbranched alkanes of at least 4 members (excludes halogenated alkanes) is 1. The van der Waals surface area contributed by atoms with Gasteiger partial charge in [0.15, 0.2) is 5.78 Å². The first kappa shape index (κ1) is 28.0. The first-order chi connectivity index (χ1) is 17.0. The van der Waals surface area contributed by atoms with Gasteiger partial charge in [-0.25, -0.2) is 18.1 Å². The second-order valence-electron chi connectivity index (χ2n) is 9.74. The fraction of sp³-hybridized carbons (Fsp3) is 0.667. The van der Waals surface area contributed by atoms with Crippen LogP contribution in [0.3, 0.4) is 0 Å². The van der Waals surface area contributed by atoms with Gasteiger partial charge >= 0.3 is 0 Å². The Morgan fingerprint density at radius 1 is 1.22 bits per heavy atom. The number of amides is 2. The summed E-state index contributed by atoms with van der Waals surface area (Å²) >= 11 is 0. The van der Waals surface area contributed by atoms with E-state index in [1.165, 1.54) is 12.5 Å². The molecule has 0 spiro atoms. The van der Waals surface area contributed by atoms with Crippen LogP contribution in [-0.4, -0.2) is 85.1 Å². The third-order valence-electron chi connectivity index (χ3n) is 6.75. The lowest BCUT2D eigenvalue weighted by atomic mass is 9.82. The van der Waals surface area contributed by atoms with Gasteiger partial charge < -0.3 is 20.6 Å². The number of ketones is 1. The fourth-order valence-corrected chi connectivity index (χ4v) is 5.10. The molecule has 1 aromatic rings. The standard InChI is InChI=1S/C24H37N5O6S/c1-17(30)22(28-20(31)16-26-36(2,34)35)24(33)11-14-29(15-12-24)21(32)8-4-3-7-19-10-9-18-6-5-13-25-23(18)27-19/h9-10,22,26,33H,3-8,11-16H2,1-2H3,(H,25,27)(H,28,31). The Morgan fingerprint density at radius 3 is 2.61 bits per heavy atom. The molecule has 0 aromatic carbocycles. The molecule has 1 unspecified atom stereocenters. The molecule has 2 amide bonds. The molecule has 12 heteroatoms. The molecule has 1 aromatic heterocycles. The minimum absolute atomic E-state index is 0.00196. The highest BCUT2D eigenvalue weighted by Gasteiger charge is 2.43. The van der Waals surface area contributed by atoms with Gasteiger partial charge in [0.25, 0.3) is 0 Å². The summed E-state index contributed by atoms with van der Waals surface area (Å²) in [5.41, 5.74) is 0.764. The third kappa shape index (κ3) is 7.97. The number of anilines is 1. The molecule has 0 radical (unpaired) electrons. The van der Waals surface area contributed by atoms with E-state index < -0.39 is 39.9 Å². The number of carbonyl (C=O) groups is 3. The van der Waals surface area contributed by atoms with Crippen molar-refractivity contribution in [3.8, 4) is 0 Å². The number of aryl methyl sites for hydroxylation is 2. The van der Waals surface area contributed by atoms with Gasteiger partial charge in [-0.1, -0.05) is 6.07 Å². The average Bonchev–Trinajstić information content (AvgIpc) is 2.83. The quantitative estimate of drug-likeness (QED) is 0.298. The summed E-state index contributed by atoms with van der Waals surface area (Å²) in [6.07, 6.45) is 6.13. The molecule has 1 atom stereocenters. The Labute approximate surface area is 212 Å². The summed E-state index contributed by atoms with van der Waals surface area (Å²) < 4.78 is 24.4. The van der Waals surface area contributed by atoms with Gasteiger partial charge in [0.2, 0.25) is 21.8 Å². The van der Waals surface area contributed by atoms with E-state index in [-0.39, 0.29) is 31.8 Å². The largest absolute Gasteiger partial charge is 0.387 e. The van der Waals surface area contributed by atoms with Crippen LogP contribution in [0.4, 0.5) is 5.82 Å². The molecule has 2 aliphatic heterocycles. The summed E-state index contributed by atoms with van der Waals surface area (Å²) in [7, 11) is -3.57. The van der Waals surface area contributed by atoms with Crippen LogP contribution in [0.15, 0.2) is 12.1 Å². The monoisotopic (exact) mass is 523 g/mol. The zero-order chi connectivity index (χ0) is 26.3. The minimum Gasteiger partial charge on any atom is -0.387 e. The van der Waals surface area contributed by atoms with Gasteiger partial charge in [-0.05, 0) is 63.5 Å². The lowest BCUT2D eigenvalue weighted by Gasteiger charge is -2.42. The van der Waals surface area contributed by atoms with E-state index in [1.54, 1.807) is 4.90 Å². The number of fused-ring (bicyclic) bond motifs is 1. The summed E-state index contributed by atoms with van der Waals surface area (Å²) in [5, 5.41) is 16.9. The maximum Gasteiger partial charge on any atom is 0.235 e. The van der Waals surface area contributed by atoms with E-state index in [9.17, 15) is 27.9 Å². The van der Waals surface area contributed by atoms with E-state index in [0.29, 0.717) is 6.42 Å². The van der Waals surface area contributed by atoms with E-state index in [4.69, 9.17) is 0 Å². The number of Topliss-reactive ketones (excluding diaryl/α,β-unsaturated/α-hetero) is 1. The zero-order valence-electron chi connectivity index (χ0n) is 21.0. The van der Waals surface area contributed by atoms with Crippen LogP contribution in [0, 0.1) is 0 Å². The van der Waals surface area contributed by atoms with Crippen LogP contribution in [0.5, 0.6) is 0 Å². The van der Waals surface area contributed by atoms with Crippen molar-refractivity contribution >= 4 is 33.4 Å². The van der Waals surface area contributed by atoms with Crippen LogP contribution in [-0.2, 0) is 37.2 Å². The van der Waals surface area contributed by atoms with Gasteiger partial charge in [0.1, 0.15) is 11.9 Å². The van der Waals surface area contributed by atoms with Gasteiger partial charge in [-0.15, -0.1) is 0 Å². The van der Waals surface area contributed by atoms with Gasteiger partial charge in [0, 0.05) is 31.7 Å². The van der Waals surface area contributed by atoms with Crippen molar-refractivity contribution in [3.05, 3.63) is 23.4 Å². The smallest absolute Gasteiger partial charge is 0.235 e. The molecule has 3 rings (SSSR count). The molecule has 36 heavy (non-hydrogen) atoms. The number of nitrogens with one attached hydrogen (secondary N) is 3. The first-order valence-electron chi connectivity index (χ1n) is 12.4. The Bertz CT molecular complexity index is 1070. The predicted molar refractivity (Wildman–Crippen MR) is 135 cm³/mol. The van der Waals surface area contributed by atoms with Crippen LogP contribution < -0.4 is 15.4 Å². The highest BCUT2D eigenvalue weighted by molar-refractivity contribution is 7.88. The summed E-state index contributed by atoms with van der Waals surface area (Å²) in [4.78, 5) is 43.3. The third-order valence-corrected chi connectivity index (χ3v) is 7.42. The molecule has 0 bridgehead atoms. The van der Waals surface area contributed by atoms with E-state index in [1.807, 2.05) is 0 Å². The second kappa shape index (κ2) is 12.1. The lowest BCUT2D eigenvalue weighted by Crippen LogP contribution is -2.61. The molecule has 4 N–H and O–H groups in total. The molecule has 3 heterocycles.